The maximum Gasteiger partial charge on any atom is 0.243 e. The van der Waals surface area contributed by atoms with E-state index in [1.165, 1.54) is 18.2 Å². The Morgan fingerprint density at radius 3 is 2.38 bits per heavy atom. The van der Waals surface area contributed by atoms with Crippen molar-refractivity contribution < 1.29 is 12.8 Å². The average Bonchev–Trinajstić information content (AvgIpc) is 3.17. The van der Waals surface area contributed by atoms with Gasteiger partial charge in [-0.1, -0.05) is 59.1 Å². The molecule has 1 atom stereocenters. The first-order chi connectivity index (χ1) is 15.2. The topological polar surface area (TPSA) is 61.8 Å². The smallest absolute Gasteiger partial charge is 0.243 e. The van der Waals surface area contributed by atoms with Gasteiger partial charge in [0.05, 0.1) is 29.0 Å². The van der Waals surface area contributed by atoms with Crippen LogP contribution in [0.3, 0.4) is 0 Å². The van der Waals surface area contributed by atoms with Gasteiger partial charge in [0.25, 0.3) is 0 Å². The van der Waals surface area contributed by atoms with E-state index in [1.807, 2.05) is 12.1 Å². The Kier molecular flexibility index (Phi) is 6.74. The fourth-order valence-electron chi connectivity index (χ4n) is 3.43. The molecule has 1 heterocycles. The number of halogens is 4. The Morgan fingerprint density at radius 1 is 1.00 bits per heavy atom. The van der Waals surface area contributed by atoms with E-state index in [0.29, 0.717) is 32.9 Å². The molecule has 32 heavy (non-hydrogen) atoms. The summed E-state index contributed by atoms with van der Waals surface area (Å²) in [7, 11) is -4.05. The molecule has 0 fully saturated rings. The van der Waals surface area contributed by atoms with E-state index in [9.17, 15) is 12.8 Å². The largest absolute Gasteiger partial charge is 0.256 e. The summed E-state index contributed by atoms with van der Waals surface area (Å²) in [5.74, 6) is -0.818. The highest BCUT2D eigenvalue weighted by Gasteiger charge is 2.31. The number of hydrogen-bond acceptors (Lipinski definition) is 4. The Hall–Kier alpha value is -2.16. The molecule has 0 aromatic heterocycles. The minimum absolute atomic E-state index is 0.0809. The van der Waals surface area contributed by atoms with Crippen LogP contribution in [0, 0.1) is 5.82 Å². The number of nitrogens with zero attached hydrogens (tertiary/aromatic N) is 2. The normalized spacial score (nSPS) is 16.3. The zero-order valence-corrected chi connectivity index (χ0v) is 19.6. The Bertz CT molecular complexity index is 1280. The van der Waals surface area contributed by atoms with Gasteiger partial charge in [-0.05, 0) is 48.0 Å². The molecule has 0 bridgehead atoms. The van der Waals surface area contributed by atoms with Gasteiger partial charge in [-0.3, -0.25) is 5.01 Å². The Balaban J connectivity index is 1.62. The summed E-state index contributed by atoms with van der Waals surface area (Å²) >= 11 is 18.5. The lowest BCUT2D eigenvalue weighted by atomic mass is 10.0. The van der Waals surface area contributed by atoms with Crippen molar-refractivity contribution in [2.75, 3.05) is 11.6 Å². The van der Waals surface area contributed by atoms with Gasteiger partial charge < -0.3 is 0 Å². The minimum atomic E-state index is -4.05. The quantitative estimate of drug-likeness (QED) is 0.436. The number of nitrogens with one attached hydrogen (secondary N) is 1. The number of sulfonamides is 1. The van der Waals surface area contributed by atoms with E-state index in [1.54, 1.807) is 35.3 Å². The second-order valence-corrected chi connectivity index (χ2v) is 10.1. The predicted molar refractivity (Wildman–Crippen MR) is 127 cm³/mol. The van der Waals surface area contributed by atoms with Crippen molar-refractivity contribution in [2.24, 2.45) is 5.10 Å². The van der Waals surface area contributed by atoms with Crippen molar-refractivity contribution in [3.05, 3.63) is 93.2 Å². The van der Waals surface area contributed by atoms with Gasteiger partial charge in [-0.2, -0.15) is 5.10 Å². The fourth-order valence-corrected chi connectivity index (χ4v) is 5.15. The van der Waals surface area contributed by atoms with E-state index in [2.05, 4.69) is 9.82 Å². The van der Waals surface area contributed by atoms with E-state index >= 15 is 0 Å². The van der Waals surface area contributed by atoms with E-state index in [4.69, 9.17) is 34.8 Å². The van der Waals surface area contributed by atoms with Crippen molar-refractivity contribution in [2.45, 2.75) is 17.4 Å². The average molecular weight is 513 g/mol. The van der Waals surface area contributed by atoms with Crippen LogP contribution in [0.4, 0.5) is 10.1 Å². The van der Waals surface area contributed by atoms with E-state index in [0.717, 1.165) is 11.6 Å². The fraction of sp³-hybridized carbons (Fsp3) is 0.136. The molecule has 4 rings (SSSR count). The van der Waals surface area contributed by atoms with Crippen LogP contribution in [-0.4, -0.2) is 20.7 Å². The molecule has 0 saturated carbocycles. The molecular weight excluding hydrogens is 496 g/mol. The third-order valence-electron chi connectivity index (χ3n) is 4.98. The molecule has 0 saturated heterocycles. The Labute approximate surface area is 200 Å². The molecule has 10 heteroatoms. The summed E-state index contributed by atoms with van der Waals surface area (Å²) in [6, 6.07) is 17.4. The Morgan fingerprint density at radius 2 is 1.69 bits per heavy atom. The molecule has 1 aliphatic heterocycles. The highest BCUT2D eigenvalue weighted by atomic mass is 35.5. The van der Waals surface area contributed by atoms with Gasteiger partial charge in [0.2, 0.25) is 10.0 Å². The predicted octanol–water partition coefficient (Wildman–Crippen LogP) is 6.07. The first-order valence-electron chi connectivity index (χ1n) is 9.55. The van der Waals surface area contributed by atoms with Crippen LogP contribution < -0.4 is 9.73 Å². The summed E-state index contributed by atoms with van der Waals surface area (Å²) in [6.07, 6.45) is 0.431. The second kappa shape index (κ2) is 9.37. The lowest BCUT2D eigenvalue weighted by Gasteiger charge is -2.25. The molecule has 166 valence electrons. The van der Waals surface area contributed by atoms with Gasteiger partial charge >= 0.3 is 0 Å². The van der Waals surface area contributed by atoms with Crippen molar-refractivity contribution in [3.8, 4) is 0 Å². The summed E-state index contributed by atoms with van der Waals surface area (Å²) in [4.78, 5) is -0.412. The number of anilines is 1. The first kappa shape index (κ1) is 23.0. The molecule has 0 radical (unpaired) electrons. The van der Waals surface area contributed by atoms with Crippen LogP contribution in [0.1, 0.15) is 18.0 Å². The van der Waals surface area contributed by atoms with Crippen LogP contribution >= 0.6 is 34.8 Å². The zero-order chi connectivity index (χ0) is 22.9. The third kappa shape index (κ3) is 4.92. The SMILES string of the molecule is O=S(=O)(NCC1=NN(c2ccc(Cl)cc2Cl)C(c2ccc(Cl)cc2)C1)c1ccccc1F. The lowest BCUT2D eigenvalue weighted by Crippen LogP contribution is -2.29. The summed E-state index contributed by atoms with van der Waals surface area (Å²) in [6.45, 7) is -0.0809. The lowest BCUT2D eigenvalue weighted by molar-refractivity contribution is 0.560. The first-order valence-corrected chi connectivity index (χ1v) is 12.2. The molecule has 1 N–H and O–H groups in total. The molecule has 0 aliphatic carbocycles. The second-order valence-electron chi connectivity index (χ2n) is 7.13. The highest BCUT2D eigenvalue weighted by Crippen LogP contribution is 2.39. The molecule has 0 amide bonds. The summed E-state index contributed by atoms with van der Waals surface area (Å²) in [5.41, 5.74) is 2.12. The van der Waals surface area contributed by atoms with Crippen LogP contribution in [0.5, 0.6) is 0 Å². The number of rotatable bonds is 6. The number of benzene rings is 3. The molecular formula is C22H17Cl3FN3O2S. The molecule has 3 aromatic rings. The summed E-state index contributed by atoms with van der Waals surface area (Å²) in [5, 5.41) is 7.85. The highest BCUT2D eigenvalue weighted by molar-refractivity contribution is 7.89. The van der Waals surface area contributed by atoms with Crippen molar-refractivity contribution in [3.63, 3.8) is 0 Å². The van der Waals surface area contributed by atoms with Crippen molar-refractivity contribution in [1.29, 1.82) is 0 Å². The molecule has 1 aliphatic rings. The van der Waals surface area contributed by atoms with Gasteiger partial charge in [0, 0.05) is 16.5 Å². The van der Waals surface area contributed by atoms with Crippen LogP contribution in [0.15, 0.2) is 76.7 Å². The van der Waals surface area contributed by atoms with E-state index < -0.39 is 20.7 Å². The van der Waals surface area contributed by atoms with Gasteiger partial charge in [0.1, 0.15) is 10.7 Å². The van der Waals surface area contributed by atoms with Crippen LogP contribution in [0.25, 0.3) is 0 Å². The van der Waals surface area contributed by atoms with Crippen LogP contribution in [-0.2, 0) is 10.0 Å². The van der Waals surface area contributed by atoms with Gasteiger partial charge in [0.15, 0.2) is 0 Å². The number of hydrogen-bond donors (Lipinski definition) is 1. The van der Waals surface area contributed by atoms with Crippen molar-refractivity contribution >= 4 is 56.2 Å². The maximum atomic E-state index is 14.0. The molecule has 5 nitrogen and oxygen atoms in total. The summed E-state index contributed by atoms with van der Waals surface area (Å²) < 4.78 is 41.5. The maximum absolute atomic E-state index is 14.0. The van der Waals surface area contributed by atoms with Crippen LogP contribution in [0.2, 0.25) is 15.1 Å². The molecule has 3 aromatic carbocycles. The van der Waals surface area contributed by atoms with Gasteiger partial charge in [-0.15, -0.1) is 0 Å². The molecule has 0 spiro atoms. The minimum Gasteiger partial charge on any atom is -0.256 e. The number of hydrazone groups is 1. The van der Waals surface area contributed by atoms with Gasteiger partial charge in [-0.25, -0.2) is 17.5 Å². The monoisotopic (exact) mass is 511 g/mol. The molecule has 1 unspecified atom stereocenters. The van der Waals surface area contributed by atoms with Crippen molar-refractivity contribution in [1.82, 2.24) is 4.72 Å². The third-order valence-corrected chi connectivity index (χ3v) is 7.20. The van der Waals surface area contributed by atoms with E-state index in [-0.39, 0.29) is 12.6 Å². The standard InChI is InChI=1S/C22H17Cl3FN3O2S/c23-15-7-5-14(6-8-15)21-12-17(28-29(21)20-10-9-16(24)11-18(20)25)13-27-32(30,31)22-4-2-1-3-19(22)26/h1-11,21,27H,12-13H2. The zero-order valence-electron chi connectivity index (χ0n) is 16.5.